The molecule has 3 heteroatoms. The molecule has 0 unspecified atom stereocenters. The normalized spacial score (nSPS) is 11.1. The number of hydrogen-bond acceptors (Lipinski definition) is 3. The van der Waals surface area contributed by atoms with Crippen LogP contribution in [0.2, 0.25) is 0 Å². The minimum atomic E-state index is 0.482. The van der Waals surface area contributed by atoms with E-state index in [9.17, 15) is 0 Å². The van der Waals surface area contributed by atoms with Crippen molar-refractivity contribution in [2.75, 3.05) is 5.73 Å². The average molecular weight is 244 g/mol. The summed E-state index contributed by atoms with van der Waals surface area (Å²) < 4.78 is 5.29. The van der Waals surface area contributed by atoms with Crippen molar-refractivity contribution in [3.05, 3.63) is 35.6 Å². The first-order chi connectivity index (χ1) is 8.63. The maximum atomic E-state index is 5.90. The van der Waals surface area contributed by atoms with E-state index < -0.39 is 0 Å². The molecule has 0 bridgehead atoms. The number of nitrogens with two attached hydrogens (primary N) is 1. The summed E-state index contributed by atoms with van der Waals surface area (Å²) in [6.07, 6.45) is 1.89. The van der Waals surface area contributed by atoms with Crippen molar-refractivity contribution in [3.8, 4) is 11.1 Å². The van der Waals surface area contributed by atoms with E-state index in [2.05, 4.69) is 50.2 Å². The summed E-state index contributed by atoms with van der Waals surface area (Å²) in [5, 5.41) is 3.87. The molecule has 3 nitrogen and oxygen atoms in total. The smallest absolute Gasteiger partial charge is 0.175 e. The molecule has 0 aliphatic rings. The number of aryl methyl sites for hydroxylation is 1. The summed E-state index contributed by atoms with van der Waals surface area (Å²) in [6.45, 7) is 6.49. The van der Waals surface area contributed by atoms with Gasteiger partial charge in [-0.15, -0.1) is 0 Å². The Morgan fingerprint density at radius 1 is 1.22 bits per heavy atom. The Hall–Kier alpha value is -1.77. The lowest BCUT2D eigenvalue weighted by atomic mass is 9.98. The van der Waals surface area contributed by atoms with Gasteiger partial charge in [0.05, 0.1) is 5.56 Å². The van der Waals surface area contributed by atoms with Crippen LogP contribution in [0.4, 0.5) is 5.82 Å². The van der Waals surface area contributed by atoms with E-state index in [0.29, 0.717) is 11.7 Å². The maximum absolute atomic E-state index is 5.90. The fraction of sp³-hybridized carbons (Fsp3) is 0.400. The summed E-state index contributed by atoms with van der Waals surface area (Å²) in [4.78, 5) is 0. The SMILES string of the molecule is CCCc1onc(N)c1-c1ccc(C(C)C)cc1. The van der Waals surface area contributed by atoms with Gasteiger partial charge < -0.3 is 10.3 Å². The van der Waals surface area contributed by atoms with Crippen LogP contribution in [0.1, 0.15) is 44.4 Å². The Morgan fingerprint density at radius 2 is 1.89 bits per heavy atom. The zero-order chi connectivity index (χ0) is 13.1. The van der Waals surface area contributed by atoms with Gasteiger partial charge in [0.15, 0.2) is 5.82 Å². The van der Waals surface area contributed by atoms with E-state index in [0.717, 1.165) is 29.7 Å². The van der Waals surface area contributed by atoms with Gasteiger partial charge in [-0.2, -0.15) is 0 Å². The molecule has 0 fully saturated rings. The Balaban J connectivity index is 2.38. The van der Waals surface area contributed by atoms with Gasteiger partial charge in [0.25, 0.3) is 0 Å². The van der Waals surface area contributed by atoms with Gasteiger partial charge in [0, 0.05) is 6.42 Å². The highest BCUT2D eigenvalue weighted by Crippen LogP contribution is 2.31. The number of aromatic nitrogens is 1. The Labute approximate surface area is 108 Å². The molecular formula is C15H20N2O. The van der Waals surface area contributed by atoms with Gasteiger partial charge in [0.1, 0.15) is 5.76 Å². The Morgan fingerprint density at radius 3 is 2.44 bits per heavy atom. The molecular weight excluding hydrogens is 224 g/mol. The first kappa shape index (κ1) is 12.7. The van der Waals surface area contributed by atoms with E-state index in [-0.39, 0.29) is 0 Å². The summed E-state index contributed by atoms with van der Waals surface area (Å²) in [7, 11) is 0. The number of nitrogen functional groups attached to an aromatic ring is 1. The molecule has 2 N–H and O–H groups in total. The number of nitrogens with zero attached hydrogens (tertiary/aromatic N) is 1. The van der Waals surface area contributed by atoms with E-state index in [4.69, 9.17) is 10.3 Å². The standard InChI is InChI=1S/C15H20N2O/c1-4-5-13-14(15(16)17-18-13)12-8-6-11(7-9-12)10(2)3/h6-10H,4-5H2,1-3H3,(H2,16,17). The first-order valence-electron chi connectivity index (χ1n) is 6.47. The molecule has 0 saturated heterocycles. The van der Waals surface area contributed by atoms with Crippen LogP contribution in [-0.4, -0.2) is 5.16 Å². The van der Waals surface area contributed by atoms with Crippen LogP contribution in [0, 0.1) is 0 Å². The molecule has 0 aliphatic heterocycles. The highest BCUT2D eigenvalue weighted by atomic mass is 16.5. The summed E-state index contributed by atoms with van der Waals surface area (Å²) in [5.41, 5.74) is 9.26. The Kier molecular flexibility index (Phi) is 3.70. The van der Waals surface area contributed by atoms with Crippen LogP contribution in [-0.2, 0) is 6.42 Å². The molecule has 18 heavy (non-hydrogen) atoms. The quantitative estimate of drug-likeness (QED) is 0.884. The van der Waals surface area contributed by atoms with Crippen molar-refractivity contribution < 1.29 is 4.52 Å². The molecule has 0 radical (unpaired) electrons. The number of hydrogen-bond donors (Lipinski definition) is 1. The lowest BCUT2D eigenvalue weighted by Gasteiger charge is -2.07. The third-order valence-electron chi connectivity index (χ3n) is 3.13. The topological polar surface area (TPSA) is 52.0 Å². The van der Waals surface area contributed by atoms with E-state index >= 15 is 0 Å². The van der Waals surface area contributed by atoms with Crippen LogP contribution in [0.25, 0.3) is 11.1 Å². The predicted octanol–water partition coefficient (Wildman–Crippen LogP) is 4.00. The molecule has 1 aromatic carbocycles. The molecule has 0 aliphatic carbocycles. The van der Waals surface area contributed by atoms with Crippen molar-refractivity contribution in [3.63, 3.8) is 0 Å². The molecule has 0 amide bonds. The monoisotopic (exact) mass is 244 g/mol. The molecule has 96 valence electrons. The van der Waals surface area contributed by atoms with E-state index in [1.54, 1.807) is 0 Å². The van der Waals surface area contributed by atoms with Gasteiger partial charge in [0.2, 0.25) is 0 Å². The maximum Gasteiger partial charge on any atom is 0.175 e. The minimum absolute atomic E-state index is 0.482. The largest absolute Gasteiger partial charge is 0.380 e. The summed E-state index contributed by atoms with van der Waals surface area (Å²) in [6, 6.07) is 8.47. The molecule has 2 rings (SSSR count). The second kappa shape index (κ2) is 5.25. The van der Waals surface area contributed by atoms with Crippen molar-refractivity contribution in [2.45, 2.75) is 39.5 Å². The summed E-state index contributed by atoms with van der Waals surface area (Å²) in [5.74, 6) is 1.90. The lowest BCUT2D eigenvalue weighted by molar-refractivity contribution is 0.385. The second-order valence-corrected chi connectivity index (χ2v) is 4.89. The molecule has 0 saturated carbocycles. The molecule has 0 spiro atoms. The van der Waals surface area contributed by atoms with Crippen molar-refractivity contribution >= 4 is 5.82 Å². The highest BCUT2D eigenvalue weighted by molar-refractivity contribution is 5.75. The molecule has 2 aromatic rings. The minimum Gasteiger partial charge on any atom is -0.380 e. The first-order valence-corrected chi connectivity index (χ1v) is 6.47. The molecule has 0 atom stereocenters. The lowest BCUT2D eigenvalue weighted by Crippen LogP contribution is -1.92. The van der Waals surface area contributed by atoms with Gasteiger partial charge in [-0.3, -0.25) is 0 Å². The number of rotatable bonds is 4. The number of benzene rings is 1. The second-order valence-electron chi connectivity index (χ2n) is 4.89. The van der Waals surface area contributed by atoms with E-state index in [1.807, 2.05) is 0 Å². The zero-order valence-corrected chi connectivity index (χ0v) is 11.2. The van der Waals surface area contributed by atoms with Crippen molar-refractivity contribution in [2.24, 2.45) is 0 Å². The molecule has 1 aromatic heterocycles. The summed E-state index contributed by atoms with van der Waals surface area (Å²) >= 11 is 0. The van der Waals surface area contributed by atoms with Crippen LogP contribution >= 0.6 is 0 Å². The highest BCUT2D eigenvalue weighted by Gasteiger charge is 2.15. The van der Waals surface area contributed by atoms with Gasteiger partial charge in [-0.05, 0) is 23.5 Å². The number of anilines is 1. The van der Waals surface area contributed by atoms with Gasteiger partial charge in [-0.1, -0.05) is 50.2 Å². The van der Waals surface area contributed by atoms with Crippen LogP contribution in [0.3, 0.4) is 0 Å². The van der Waals surface area contributed by atoms with Crippen LogP contribution in [0.5, 0.6) is 0 Å². The zero-order valence-electron chi connectivity index (χ0n) is 11.2. The average Bonchev–Trinajstić information content (AvgIpc) is 2.71. The van der Waals surface area contributed by atoms with Crippen molar-refractivity contribution in [1.29, 1.82) is 0 Å². The molecule has 1 heterocycles. The Bertz CT molecular complexity index is 512. The third kappa shape index (κ3) is 2.40. The van der Waals surface area contributed by atoms with Crippen LogP contribution in [0.15, 0.2) is 28.8 Å². The van der Waals surface area contributed by atoms with E-state index in [1.165, 1.54) is 5.56 Å². The predicted molar refractivity (Wildman–Crippen MR) is 74.4 cm³/mol. The van der Waals surface area contributed by atoms with Crippen molar-refractivity contribution in [1.82, 2.24) is 5.16 Å². The third-order valence-corrected chi connectivity index (χ3v) is 3.13. The fourth-order valence-electron chi connectivity index (χ4n) is 2.08. The van der Waals surface area contributed by atoms with Gasteiger partial charge >= 0.3 is 0 Å². The van der Waals surface area contributed by atoms with Gasteiger partial charge in [-0.25, -0.2) is 0 Å². The fourth-order valence-corrected chi connectivity index (χ4v) is 2.08. The van der Waals surface area contributed by atoms with Crippen LogP contribution < -0.4 is 5.73 Å².